The van der Waals surface area contributed by atoms with E-state index in [-0.39, 0.29) is 29.8 Å². The number of nitrogen functional groups attached to an aromatic ring is 3. The number of nitrogens with two attached hydrogens (primary N) is 5. The maximum absolute atomic E-state index is 11.0. The van der Waals surface area contributed by atoms with Crippen LogP contribution in [0.3, 0.4) is 0 Å². The fourth-order valence-electron chi connectivity index (χ4n) is 11.8. The van der Waals surface area contributed by atoms with Crippen LogP contribution in [-0.4, -0.2) is 140 Å². The standard InChI is InChI=1S/2C9H11N3.C9H10N2.C8H8ClN3.C8H10N4O.C8H10N4.C8H9N3O.C8H9N3.C7H8N4/c2*1-5-3-4-7-6(2)11-9(10)12-8(5)7;1-6-3-4-8-7(2)10-5-11-9(6)8;1-5-3-4-7-6(2)10-8(9)11-12(5)7;1-4-3-10-6-5(4)11-8(9)12-7(6)13-2;1-4-3-10-7-5(2)11-8(9)12-6(4)7;1-4-3-9-7-5(2)10-8(12)11-6(4)7;1-6-3-4-8-7(2)9-5-10-11(6)8;1-4-2-9-5-3-10-7(8)11-6(4)5/h3-4,8H,1-2H3,(H2,10,12);3-4,8H,2H2,1H3,(H3,10,11,12);3-5,9H,1-2H3;3-4H,1-2H3;3,10H,1-2H3,(H2,9,11,12);3,10H,1-2H3,(H2,9,11,12);3,9H,1-2H3,(H,10,11,12);3-5H,2H2,1H3,(H,9,10);2-3,9H,1H3,(H2,8,10,11). The maximum Gasteiger partial charge on any atom is 0.345 e. The lowest BCUT2D eigenvalue weighted by Crippen LogP contribution is -2.38. The second kappa shape index (κ2) is 32.4. The average Bonchev–Trinajstić information content (AvgIpc) is 1.64. The van der Waals surface area contributed by atoms with Crippen LogP contribution in [0.2, 0.25) is 5.28 Å². The molecule has 7 aliphatic rings. The van der Waals surface area contributed by atoms with Crippen LogP contribution in [0.1, 0.15) is 91.0 Å². The van der Waals surface area contributed by atoms with Gasteiger partial charge in [-0.2, -0.15) is 9.97 Å². The van der Waals surface area contributed by atoms with Crippen LogP contribution in [0, 0.1) is 62.3 Å². The minimum absolute atomic E-state index is 0.110. The molecule has 0 aromatic carbocycles. The first-order chi connectivity index (χ1) is 50.5. The Hall–Kier alpha value is -13.2. The van der Waals surface area contributed by atoms with Gasteiger partial charge in [0, 0.05) is 75.7 Å². The number of hydrogen-bond acceptors (Lipinski definition) is 24. The van der Waals surface area contributed by atoms with Gasteiger partial charge < -0.3 is 63.6 Å². The van der Waals surface area contributed by atoms with Crippen LogP contribution in [0.5, 0.6) is 5.88 Å². The van der Waals surface area contributed by atoms with Crippen molar-refractivity contribution in [1.29, 1.82) is 0 Å². The predicted octanol–water partition coefficient (Wildman–Crippen LogP) is 10.5. The lowest BCUT2D eigenvalue weighted by molar-refractivity contribution is 0.402. The van der Waals surface area contributed by atoms with Crippen molar-refractivity contribution in [2.75, 3.05) is 29.7 Å². The van der Waals surface area contributed by atoms with Crippen molar-refractivity contribution in [1.82, 2.24) is 84.4 Å². The molecule has 3 atom stereocenters. The molecule has 17 N–H and O–H groups in total. The SMILES string of the molecule is C=C1N=CNn2c(C)ccc21.C=C1NC(N)=NC2C(C)=CC=C12.CC1=CC=C2C(C)=NC(N)=NC12.CC1=CC=C2C(C)=NC=NC12.COc1nc(N)nc2c(C)c[nH]c12.Cc1c[nH]c2c(C)[nH]c(=O)nc12.Cc1c[nH]c2c(C)nc(N)nc12.Cc1c[nH]c2cnc(N)nc12.Cc1nc(Cl)nn2c(C)ccc12. The zero-order chi connectivity index (χ0) is 76.5. The van der Waals surface area contributed by atoms with Gasteiger partial charge in [-0.3, -0.25) is 15.1 Å². The third-order valence-electron chi connectivity index (χ3n) is 17.5. The summed E-state index contributed by atoms with van der Waals surface area (Å²) in [5, 5.41) is 7.26. The molecule has 0 radical (unpaired) electrons. The fourth-order valence-corrected chi connectivity index (χ4v) is 12.0. The van der Waals surface area contributed by atoms with Gasteiger partial charge in [0.15, 0.2) is 5.96 Å². The first kappa shape index (κ1) is 75.5. The van der Waals surface area contributed by atoms with Gasteiger partial charge in [-0.25, -0.2) is 64.2 Å². The van der Waals surface area contributed by atoms with E-state index in [4.69, 9.17) is 45.0 Å². The number of allylic oxidation sites excluding steroid dienone is 6. The first-order valence-electron chi connectivity index (χ1n) is 33.4. The smallest absolute Gasteiger partial charge is 0.345 e. The molecule has 0 fully saturated rings. The van der Waals surface area contributed by atoms with Gasteiger partial charge in [0.2, 0.25) is 35.0 Å². The van der Waals surface area contributed by atoms with Gasteiger partial charge in [0.05, 0.1) is 80.7 Å². The monoisotopic (exact) mass is 1450 g/mol. The highest BCUT2D eigenvalue weighted by molar-refractivity contribution is 6.28. The van der Waals surface area contributed by atoms with Gasteiger partial charge in [-0.05, 0) is 172 Å². The number of fused-ring (bicyclic) bond motifs is 9. The molecule has 106 heavy (non-hydrogen) atoms. The molecule has 3 unspecified atom stereocenters. The molecule has 31 nitrogen and oxygen atoms in total. The third kappa shape index (κ3) is 17.1. The molecule has 11 aromatic heterocycles. The summed E-state index contributed by atoms with van der Waals surface area (Å²) in [6.45, 7) is 35.4. The molecular weight excluding hydrogens is 1360 g/mol. The fraction of sp³-hybridized carbons (Fsp3) is 0.243. The van der Waals surface area contributed by atoms with Crippen LogP contribution in [-0.2, 0) is 0 Å². The highest BCUT2D eigenvalue weighted by Crippen LogP contribution is 2.31. The molecule has 0 saturated heterocycles. The van der Waals surface area contributed by atoms with Crippen molar-refractivity contribution in [2.45, 2.75) is 115 Å². The van der Waals surface area contributed by atoms with Gasteiger partial charge in [-0.1, -0.05) is 49.6 Å². The molecule has 3 aliphatic carbocycles. The lowest BCUT2D eigenvalue weighted by atomic mass is 10.0. The summed E-state index contributed by atoms with van der Waals surface area (Å²) < 4.78 is 8.81. The Morgan fingerprint density at radius 3 is 1.79 bits per heavy atom. The number of guanidine groups is 2. The Labute approximate surface area is 615 Å². The van der Waals surface area contributed by atoms with Crippen LogP contribution in [0.15, 0.2) is 179 Å². The van der Waals surface area contributed by atoms with E-state index in [0.29, 0.717) is 35.0 Å². The van der Waals surface area contributed by atoms with Crippen LogP contribution < -0.4 is 49.8 Å². The van der Waals surface area contributed by atoms with Crippen molar-refractivity contribution >= 4 is 121 Å². The maximum atomic E-state index is 11.0. The van der Waals surface area contributed by atoms with Crippen LogP contribution in [0.25, 0.3) is 55.3 Å². The van der Waals surface area contributed by atoms with E-state index in [1.165, 1.54) is 27.9 Å². The number of hydrogen-bond donors (Lipinski definition) is 12. The van der Waals surface area contributed by atoms with E-state index in [0.717, 1.165) is 134 Å². The number of nitrogens with zero attached hydrogens (tertiary/aromatic N) is 17. The molecule has 0 spiro atoms. The molecule has 15 heterocycles. The first-order valence-corrected chi connectivity index (χ1v) is 33.8. The topological polar surface area (TPSA) is 459 Å². The second-order valence-electron chi connectivity index (χ2n) is 25.3. The van der Waals surface area contributed by atoms with Gasteiger partial charge in [0.1, 0.15) is 35.8 Å². The summed E-state index contributed by atoms with van der Waals surface area (Å²) >= 11 is 5.71. The number of aliphatic imine (C=N–C) groups is 6. The molecule has 0 bridgehead atoms. The number of rotatable bonds is 1. The number of H-pyrrole nitrogens is 5. The van der Waals surface area contributed by atoms with Crippen molar-refractivity contribution in [3.05, 3.63) is 216 Å². The Balaban J connectivity index is 0.000000128. The molecule has 0 amide bonds. The van der Waals surface area contributed by atoms with Gasteiger partial charge in [0.25, 0.3) is 0 Å². The Kier molecular flexibility index (Phi) is 23.1. The Morgan fingerprint density at radius 2 is 1.13 bits per heavy atom. The molecule has 32 heteroatoms. The highest BCUT2D eigenvalue weighted by Gasteiger charge is 2.27. The number of aromatic amines is 5. The summed E-state index contributed by atoms with van der Waals surface area (Å²) in [4.78, 5) is 82.9. The molecular formula is C74H86ClN29O2. The van der Waals surface area contributed by atoms with Crippen molar-refractivity contribution in [2.24, 2.45) is 41.4 Å². The summed E-state index contributed by atoms with van der Waals surface area (Å²) in [6.07, 6.45) is 24.9. The molecule has 18 rings (SSSR count). The van der Waals surface area contributed by atoms with Gasteiger partial charge in [-0.15, -0.1) is 5.10 Å². The molecule has 546 valence electrons. The normalized spacial score (nSPS) is 16.5. The third-order valence-corrected chi connectivity index (χ3v) is 17.7. The average molecular weight is 1450 g/mol. The van der Waals surface area contributed by atoms with E-state index < -0.39 is 0 Å². The van der Waals surface area contributed by atoms with Gasteiger partial charge >= 0.3 is 5.69 Å². The number of ether oxygens (including phenoxy) is 1. The predicted molar refractivity (Wildman–Crippen MR) is 427 cm³/mol. The van der Waals surface area contributed by atoms with Crippen LogP contribution in [0.4, 0.5) is 17.8 Å². The zero-order valence-corrected chi connectivity index (χ0v) is 62.4. The summed E-state index contributed by atoms with van der Waals surface area (Å²) in [6, 6.07) is 8.53. The minimum Gasteiger partial charge on any atom is -0.479 e. The molecule has 11 aromatic rings. The van der Waals surface area contributed by atoms with Crippen molar-refractivity contribution < 1.29 is 4.74 Å². The summed E-state index contributed by atoms with van der Waals surface area (Å²) in [5.74, 6) is 2.21. The number of methoxy groups -OCH3 is 1. The Bertz CT molecular complexity index is 5610. The Morgan fingerprint density at radius 1 is 0.566 bits per heavy atom. The number of halogens is 1. The summed E-state index contributed by atoms with van der Waals surface area (Å²) in [7, 11) is 1.55. The van der Waals surface area contributed by atoms with Crippen molar-refractivity contribution in [3.63, 3.8) is 0 Å². The van der Waals surface area contributed by atoms with E-state index in [1.807, 2.05) is 143 Å². The highest BCUT2D eigenvalue weighted by atomic mass is 35.5. The number of nitrogens with one attached hydrogen (secondary N) is 7. The largest absolute Gasteiger partial charge is 0.479 e. The van der Waals surface area contributed by atoms with Crippen molar-refractivity contribution in [3.8, 4) is 5.88 Å². The quantitative estimate of drug-likeness (QED) is 0.0726. The molecule has 0 saturated carbocycles. The van der Waals surface area contributed by atoms with E-state index in [2.05, 4.69) is 168 Å². The number of anilines is 3. The lowest BCUT2D eigenvalue weighted by Gasteiger charge is -2.22. The zero-order valence-electron chi connectivity index (χ0n) is 61.6. The number of aromatic nitrogens is 16. The van der Waals surface area contributed by atoms with E-state index >= 15 is 0 Å². The van der Waals surface area contributed by atoms with Crippen LogP contribution >= 0.6 is 11.6 Å². The molecule has 4 aliphatic heterocycles. The van der Waals surface area contributed by atoms with E-state index in [1.54, 1.807) is 30.5 Å². The minimum atomic E-state index is -0.289. The van der Waals surface area contributed by atoms with E-state index in [9.17, 15) is 4.79 Å². The second-order valence-corrected chi connectivity index (χ2v) is 25.7. The summed E-state index contributed by atoms with van der Waals surface area (Å²) in [5.41, 5.74) is 59.5. The number of aryl methyl sites for hydroxylation is 9.